The van der Waals surface area contributed by atoms with Crippen molar-refractivity contribution < 1.29 is 9.47 Å². The number of nitrogens with one attached hydrogen (secondary N) is 1. The van der Waals surface area contributed by atoms with E-state index in [1.807, 2.05) is 0 Å². The van der Waals surface area contributed by atoms with Gasteiger partial charge in [0.1, 0.15) is 0 Å². The number of rotatable bonds is 12. The molecule has 0 bridgehead atoms. The predicted octanol–water partition coefficient (Wildman–Crippen LogP) is 1.61. The lowest BCUT2D eigenvalue weighted by Gasteiger charge is -2.29. The Hall–Kier alpha value is -0.160. The Bertz CT molecular complexity index is 169. The molecule has 0 spiro atoms. The number of hydrogen-bond donors (Lipinski definition) is 1. The molecule has 4 heteroatoms. The lowest BCUT2D eigenvalue weighted by atomic mass is 10.1. The summed E-state index contributed by atoms with van der Waals surface area (Å²) in [6.45, 7) is 12.4. The van der Waals surface area contributed by atoms with Gasteiger partial charge in [0.15, 0.2) is 0 Å². The fraction of sp³-hybridized carbons (Fsp3) is 1.00. The summed E-state index contributed by atoms with van der Waals surface area (Å²) in [7, 11) is 3.50. The highest BCUT2D eigenvalue weighted by Gasteiger charge is 2.12. The third-order valence-electron chi connectivity index (χ3n) is 3.13. The first-order valence-electron chi connectivity index (χ1n) is 7.04. The van der Waals surface area contributed by atoms with Crippen molar-refractivity contribution in [1.82, 2.24) is 10.2 Å². The van der Waals surface area contributed by atoms with Gasteiger partial charge >= 0.3 is 0 Å². The lowest BCUT2D eigenvalue weighted by Crippen LogP contribution is -2.43. The van der Waals surface area contributed by atoms with Gasteiger partial charge in [-0.25, -0.2) is 0 Å². The van der Waals surface area contributed by atoms with Crippen molar-refractivity contribution in [1.29, 1.82) is 0 Å². The normalized spacial score (nSPS) is 13.5. The van der Waals surface area contributed by atoms with Gasteiger partial charge in [-0.2, -0.15) is 0 Å². The summed E-state index contributed by atoms with van der Waals surface area (Å²) in [5, 5.41) is 3.53. The molecule has 0 radical (unpaired) electrons. The van der Waals surface area contributed by atoms with Crippen LogP contribution in [0.25, 0.3) is 0 Å². The largest absolute Gasteiger partial charge is 0.383 e. The maximum absolute atomic E-state index is 5.16. The Morgan fingerprint density at radius 2 is 1.56 bits per heavy atom. The van der Waals surface area contributed by atoms with Crippen LogP contribution < -0.4 is 5.32 Å². The molecule has 1 unspecified atom stereocenters. The van der Waals surface area contributed by atoms with E-state index < -0.39 is 0 Å². The fourth-order valence-corrected chi connectivity index (χ4v) is 1.80. The second-order valence-electron chi connectivity index (χ2n) is 5.26. The first-order valence-corrected chi connectivity index (χ1v) is 7.04. The standard InChI is InChI=1S/C14H32N2O2/c1-13(2)6-7-15-12-14(3)16(8-10-17-4)9-11-18-5/h13-15H,6-12H2,1-5H3. The molecular formula is C14H32N2O2. The van der Waals surface area contributed by atoms with Crippen LogP contribution >= 0.6 is 0 Å². The van der Waals surface area contributed by atoms with Gasteiger partial charge in [0.25, 0.3) is 0 Å². The minimum Gasteiger partial charge on any atom is -0.383 e. The van der Waals surface area contributed by atoms with Crippen LogP contribution in [0.3, 0.4) is 0 Å². The van der Waals surface area contributed by atoms with Crippen LogP contribution in [0.4, 0.5) is 0 Å². The molecule has 0 aliphatic carbocycles. The van der Waals surface area contributed by atoms with Crippen molar-refractivity contribution in [3.8, 4) is 0 Å². The van der Waals surface area contributed by atoms with E-state index in [4.69, 9.17) is 9.47 Å². The number of ether oxygens (including phenoxy) is 2. The third-order valence-corrected chi connectivity index (χ3v) is 3.13. The van der Waals surface area contributed by atoms with Crippen molar-refractivity contribution in [3.63, 3.8) is 0 Å². The highest BCUT2D eigenvalue weighted by molar-refractivity contribution is 4.70. The summed E-state index contributed by atoms with van der Waals surface area (Å²) < 4.78 is 10.3. The van der Waals surface area contributed by atoms with Crippen molar-refractivity contribution in [2.75, 3.05) is 53.6 Å². The van der Waals surface area contributed by atoms with Crippen molar-refractivity contribution in [2.24, 2.45) is 5.92 Å². The Morgan fingerprint density at radius 1 is 1.00 bits per heavy atom. The van der Waals surface area contributed by atoms with Gasteiger partial charge < -0.3 is 14.8 Å². The summed E-state index contributed by atoms with van der Waals surface area (Å²) in [5.74, 6) is 0.769. The van der Waals surface area contributed by atoms with E-state index in [1.54, 1.807) is 14.2 Å². The molecule has 0 saturated carbocycles. The SMILES string of the molecule is COCCN(CCOC)C(C)CNCCC(C)C. The highest BCUT2D eigenvalue weighted by Crippen LogP contribution is 2.00. The molecule has 0 aromatic carbocycles. The van der Waals surface area contributed by atoms with Crippen LogP contribution in [-0.2, 0) is 9.47 Å². The van der Waals surface area contributed by atoms with Crippen molar-refractivity contribution >= 4 is 0 Å². The van der Waals surface area contributed by atoms with Gasteiger partial charge in [0, 0.05) is 39.9 Å². The molecule has 4 nitrogen and oxygen atoms in total. The first-order chi connectivity index (χ1) is 8.61. The molecule has 0 fully saturated rings. The maximum atomic E-state index is 5.16. The van der Waals surface area contributed by atoms with E-state index in [1.165, 1.54) is 6.42 Å². The Labute approximate surface area is 113 Å². The van der Waals surface area contributed by atoms with Crippen molar-refractivity contribution in [3.05, 3.63) is 0 Å². The van der Waals surface area contributed by atoms with Gasteiger partial charge in [-0.05, 0) is 25.8 Å². The van der Waals surface area contributed by atoms with Gasteiger partial charge in [0.05, 0.1) is 13.2 Å². The van der Waals surface area contributed by atoms with Crippen LogP contribution in [0, 0.1) is 5.92 Å². The van der Waals surface area contributed by atoms with Gasteiger partial charge in [-0.3, -0.25) is 4.90 Å². The van der Waals surface area contributed by atoms with E-state index in [2.05, 4.69) is 31.0 Å². The molecule has 0 aliphatic rings. The molecule has 1 atom stereocenters. The van der Waals surface area contributed by atoms with E-state index in [-0.39, 0.29) is 0 Å². The molecule has 0 heterocycles. The van der Waals surface area contributed by atoms with Crippen LogP contribution in [0.2, 0.25) is 0 Å². The summed E-state index contributed by atoms with van der Waals surface area (Å²) in [6.07, 6.45) is 1.24. The predicted molar refractivity (Wildman–Crippen MR) is 77.1 cm³/mol. The fourth-order valence-electron chi connectivity index (χ4n) is 1.80. The summed E-state index contributed by atoms with van der Waals surface area (Å²) in [5.41, 5.74) is 0. The molecule has 0 amide bonds. The maximum Gasteiger partial charge on any atom is 0.0589 e. The molecule has 0 saturated heterocycles. The summed E-state index contributed by atoms with van der Waals surface area (Å²) >= 11 is 0. The van der Waals surface area contributed by atoms with E-state index in [9.17, 15) is 0 Å². The van der Waals surface area contributed by atoms with Gasteiger partial charge in [-0.1, -0.05) is 13.8 Å². The van der Waals surface area contributed by atoms with Crippen LogP contribution in [0.5, 0.6) is 0 Å². The third kappa shape index (κ3) is 9.83. The second-order valence-corrected chi connectivity index (χ2v) is 5.26. The average molecular weight is 260 g/mol. The van der Waals surface area contributed by atoms with Crippen molar-refractivity contribution in [2.45, 2.75) is 33.2 Å². The lowest BCUT2D eigenvalue weighted by molar-refractivity contribution is 0.0916. The molecule has 18 heavy (non-hydrogen) atoms. The number of nitrogens with zero attached hydrogens (tertiary/aromatic N) is 1. The second kappa shape index (κ2) is 11.9. The Balaban J connectivity index is 3.83. The van der Waals surface area contributed by atoms with E-state index in [0.29, 0.717) is 6.04 Å². The summed E-state index contributed by atoms with van der Waals surface area (Å²) in [4.78, 5) is 2.41. The van der Waals surface area contributed by atoms with Gasteiger partial charge in [0.2, 0.25) is 0 Å². The Morgan fingerprint density at radius 3 is 2.00 bits per heavy atom. The smallest absolute Gasteiger partial charge is 0.0589 e. The quantitative estimate of drug-likeness (QED) is 0.541. The average Bonchev–Trinajstić information content (AvgIpc) is 2.34. The molecular weight excluding hydrogens is 228 g/mol. The summed E-state index contributed by atoms with van der Waals surface area (Å²) in [6, 6.07) is 0.516. The zero-order valence-corrected chi connectivity index (χ0v) is 12.9. The van der Waals surface area contributed by atoms with Crippen LogP contribution in [0.1, 0.15) is 27.2 Å². The van der Waals surface area contributed by atoms with E-state index >= 15 is 0 Å². The molecule has 110 valence electrons. The molecule has 1 N–H and O–H groups in total. The minimum absolute atomic E-state index is 0.516. The topological polar surface area (TPSA) is 33.7 Å². The van der Waals surface area contributed by atoms with Crippen LogP contribution in [-0.4, -0.2) is 64.6 Å². The minimum atomic E-state index is 0.516. The monoisotopic (exact) mass is 260 g/mol. The van der Waals surface area contributed by atoms with E-state index in [0.717, 1.165) is 45.3 Å². The van der Waals surface area contributed by atoms with Crippen LogP contribution in [0.15, 0.2) is 0 Å². The first kappa shape index (κ1) is 17.8. The highest BCUT2D eigenvalue weighted by atomic mass is 16.5. The zero-order chi connectivity index (χ0) is 13.8. The molecule has 0 aliphatic heterocycles. The molecule has 0 aromatic heterocycles. The zero-order valence-electron chi connectivity index (χ0n) is 12.9. The number of hydrogen-bond acceptors (Lipinski definition) is 4. The van der Waals surface area contributed by atoms with Gasteiger partial charge in [-0.15, -0.1) is 0 Å². The molecule has 0 aromatic rings. The molecule has 0 rings (SSSR count). The number of methoxy groups -OCH3 is 2. The Kier molecular flexibility index (Phi) is 11.8.